The number of aryl methyl sites for hydroxylation is 1. The third-order valence-electron chi connectivity index (χ3n) is 4.65. The molecule has 4 aromatic rings. The fourth-order valence-electron chi connectivity index (χ4n) is 3.09. The Balaban J connectivity index is 1.72. The summed E-state index contributed by atoms with van der Waals surface area (Å²) < 4.78 is 65.4. The van der Waals surface area contributed by atoms with Gasteiger partial charge in [-0.15, -0.1) is 0 Å². The average molecular weight is 425 g/mol. The number of nitrogens with one attached hydrogen (secondary N) is 2. The van der Waals surface area contributed by atoms with Crippen molar-refractivity contribution in [3.63, 3.8) is 0 Å². The summed E-state index contributed by atoms with van der Waals surface area (Å²) >= 11 is 0. The van der Waals surface area contributed by atoms with E-state index in [0.717, 1.165) is 6.92 Å². The zero-order valence-electron chi connectivity index (χ0n) is 15.8. The fourth-order valence-corrected chi connectivity index (χ4v) is 3.09. The van der Waals surface area contributed by atoms with Crippen LogP contribution in [0, 0.1) is 6.92 Å². The molecule has 30 heavy (non-hydrogen) atoms. The summed E-state index contributed by atoms with van der Waals surface area (Å²) in [6, 6.07) is 1.54. The van der Waals surface area contributed by atoms with Crippen LogP contribution in [0.3, 0.4) is 0 Å². The number of nitrogens with zero attached hydrogens (tertiary/aromatic N) is 5. The molecule has 2 N–H and O–H groups in total. The Morgan fingerprint density at radius 3 is 2.63 bits per heavy atom. The molecule has 12 heteroatoms. The van der Waals surface area contributed by atoms with E-state index < -0.39 is 25.2 Å². The minimum atomic E-state index is -4.43. The summed E-state index contributed by atoms with van der Waals surface area (Å²) in [5.74, 6) is 0.251. The quantitative estimate of drug-likeness (QED) is 0.466. The van der Waals surface area contributed by atoms with Crippen LogP contribution in [0.15, 0.2) is 24.5 Å². The highest BCUT2D eigenvalue weighted by atomic mass is 19.4. The van der Waals surface area contributed by atoms with Crippen LogP contribution in [0.5, 0.6) is 0 Å². The van der Waals surface area contributed by atoms with Crippen LogP contribution in [0.4, 0.5) is 27.9 Å². The molecule has 0 aliphatic heterocycles. The Morgan fingerprint density at radius 1 is 1.17 bits per heavy atom. The Morgan fingerprint density at radius 2 is 1.93 bits per heavy atom. The number of rotatable bonds is 5. The number of pyridine rings is 1. The van der Waals surface area contributed by atoms with Gasteiger partial charge in [0.15, 0.2) is 5.65 Å². The molecule has 0 amide bonds. The van der Waals surface area contributed by atoms with Crippen molar-refractivity contribution in [2.24, 2.45) is 0 Å². The van der Waals surface area contributed by atoms with E-state index in [1.807, 2.05) is 0 Å². The summed E-state index contributed by atoms with van der Waals surface area (Å²) in [6.45, 7) is 2.07. The predicted octanol–water partition coefficient (Wildman–Crippen LogP) is 4.31. The minimum absolute atomic E-state index is 0.172. The highest BCUT2D eigenvalue weighted by Crippen LogP contribution is 2.29. The summed E-state index contributed by atoms with van der Waals surface area (Å²) in [7, 11) is 0. The molecule has 4 rings (SSSR count). The Bertz CT molecular complexity index is 1210. The molecule has 0 fully saturated rings. The molecule has 0 unspecified atom stereocenters. The predicted molar refractivity (Wildman–Crippen MR) is 100 cm³/mol. The van der Waals surface area contributed by atoms with E-state index in [-0.39, 0.29) is 5.95 Å². The number of hydrogen-bond acceptors (Lipinski definition) is 5. The van der Waals surface area contributed by atoms with Gasteiger partial charge in [-0.2, -0.15) is 18.2 Å². The molecule has 4 aromatic heterocycles. The lowest BCUT2D eigenvalue weighted by Crippen LogP contribution is -2.33. The van der Waals surface area contributed by atoms with Gasteiger partial charge in [-0.25, -0.2) is 23.7 Å². The number of alkyl halides is 5. The van der Waals surface area contributed by atoms with E-state index in [0.29, 0.717) is 39.3 Å². The van der Waals surface area contributed by atoms with Crippen molar-refractivity contribution in [1.82, 2.24) is 29.5 Å². The minimum Gasteiger partial charge on any atom is -0.345 e. The molecule has 4 heterocycles. The van der Waals surface area contributed by atoms with E-state index in [9.17, 15) is 22.0 Å². The summed E-state index contributed by atoms with van der Waals surface area (Å²) in [6.07, 6.45) is -4.02. The number of aromatic nitrogens is 6. The van der Waals surface area contributed by atoms with Crippen LogP contribution in [0.1, 0.15) is 12.7 Å². The standard InChI is InChI=1S/C18H16F5N7/c1-8(18(21,22)23)26-17-25-6-11-10(5-24-15(11)29-17)12-3-4-13-16(28-12)30(7-14(19)20)9(2)27-13/h3-6,8,14H,7H2,1-2H3,(H2,24,25,26,29)/t8-/m0/s1. The van der Waals surface area contributed by atoms with Crippen molar-refractivity contribution in [2.75, 3.05) is 5.32 Å². The number of H-pyrrole nitrogens is 1. The first kappa shape index (κ1) is 20.0. The number of imidazole rings is 1. The van der Waals surface area contributed by atoms with Gasteiger partial charge in [-0.1, -0.05) is 0 Å². The Hall–Kier alpha value is -3.31. The highest BCUT2D eigenvalue weighted by Gasteiger charge is 2.36. The molecular formula is C18H16F5N7. The molecule has 7 nitrogen and oxygen atoms in total. The van der Waals surface area contributed by atoms with Gasteiger partial charge in [0.1, 0.15) is 23.0 Å². The average Bonchev–Trinajstić information content (AvgIpc) is 3.21. The van der Waals surface area contributed by atoms with Crippen molar-refractivity contribution >= 4 is 28.1 Å². The third-order valence-corrected chi connectivity index (χ3v) is 4.65. The van der Waals surface area contributed by atoms with Crippen LogP contribution in [-0.4, -0.2) is 48.1 Å². The maximum atomic E-state index is 12.9. The highest BCUT2D eigenvalue weighted by molar-refractivity contribution is 5.93. The van der Waals surface area contributed by atoms with Crippen molar-refractivity contribution in [1.29, 1.82) is 0 Å². The van der Waals surface area contributed by atoms with Crippen LogP contribution in [-0.2, 0) is 6.54 Å². The molecule has 0 spiro atoms. The number of aromatic amines is 1. The molecule has 0 aliphatic carbocycles. The Labute approximate surface area is 166 Å². The largest absolute Gasteiger partial charge is 0.408 e. The molecule has 0 saturated heterocycles. The van der Waals surface area contributed by atoms with Gasteiger partial charge in [0.25, 0.3) is 6.43 Å². The van der Waals surface area contributed by atoms with Gasteiger partial charge < -0.3 is 14.9 Å². The smallest absolute Gasteiger partial charge is 0.345 e. The van der Waals surface area contributed by atoms with Gasteiger partial charge in [0.2, 0.25) is 5.95 Å². The molecule has 0 bridgehead atoms. The van der Waals surface area contributed by atoms with Gasteiger partial charge in [-0.3, -0.25) is 0 Å². The number of hydrogen-bond donors (Lipinski definition) is 2. The maximum absolute atomic E-state index is 12.9. The zero-order chi connectivity index (χ0) is 21.6. The Kier molecular flexibility index (Phi) is 4.79. The maximum Gasteiger partial charge on any atom is 0.408 e. The first-order chi connectivity index (χ1) is 14.1. The number of fused-ring (bicyclic) bond motifs is 2. The SMILES string of the molecule is Cc1nc2ccc(-c3c[nH]c4nc(N[C@@H](C)C(F)(F)F)ncc34)nc2n1CC(F)F. The lowest BCUT2D eigenvalue weighted by Gasteiger charge is -2.16. The third kappa shape index (κ3) is 3.64. The second kappa shape index (κ2) is 7.18. The lowest BCUT2D eigenvalue weighted by atomic mass is 10.1. The van der Waals surface area contributed by atoms with Crippen LogP contribution in [0.25, 0.3) is 33.5 Å². The first-order valence-electron chi connectivity index (χ1n) is 8.93. The molecule has 0 radical (unpaired) electrons. The van der Waals surface area contributed by atoms with Gasteiger partial charge in [0.05, 0.1) is 12.2 Å². The van der Waals surface area contributed by atoms with E-state index in [1.54, 1.807) is 25.3 Å². The number of anilines is 1. The van der Waals surface area contributed by atoms with E-state index in [2.05, 4.69) is 30.2 Å². The van der Waals surface area contributed by atoms with Crippen molar-refractivity contribution in [3.8, 4) is 11.3 Å². The first-order valence-corrected chi connectivity index (χ1v) is 8.93. The normalized spacial score (nSPS) is 13.5. The van der Waals surface area contributed by atoms with Crippen LogP contribution < -0.4 is 5.32 Å². The summed E-state index contributed by atoms with van der Waals surface area (Å²) in [5.41, 5.74) is 2.18. The van der Waals surface area contributed by atoms with E-state index in [4.69, 9.17) is 0 Å². The molecule has 158 valence electrons. The van der Waals surface area contributed by atoms with Crippen molar-refractivity contribution in [2.45, 2.75) is 39.0 Å². The van der Waals surface area contributed by atoms with Crippen molar-refractivity contribution in [3.05, 3.63) is 30.4 Å². The molecule has 1 atom stereocenters. The molecule has 0 saturated carbocycles. The van der Waals surface area contributed by atoms with E-state index in [1.165, 1.54) is 10.8 Å². The van der Waals surface area contributed by atoms with Gasteiger partial charge in [-0.05, 0) is 26.0 Å². The van der Waals surface area contributed by atoms with Crippen LogP contribution in [0.2, 0.25) is 0 Å². The van der Waals surface area contributed by atoms with Crippen LogP contribution >= 0.6 is 0 Å². The van der Waals surface area contributed by atoms with Gasteiger partial charge >= 0.3 is 6.18 Å². The van der Waals surface area contributed by atoms with E-state index >= 15 is 0 Å². The topological polar surface area (TPSA) is 84.3 Å². The number of halogens is 5. The van der Waals surface area contributed by atoms with Gasteiger partial charge in [0, 0.05) is 23.3 Å². The zero-order valence-corrected chi connectivity index (χ0v) is 15.8. The monoisotopic (exact) mass is 425 g/mol. The molecule has 0 aliphatic rings. The summed E-state index contributed by atoms with van der Waals surface area (Å²) in [5, 5.41) is 2.74. The lowest BCUT2D eigenvalue weighted by molar-refractivity contribution is -0.138. The second-order valence-corrected chi connectivity index (χ2v) is 6.77. The second-order valence-electron chi connectivity index (χ2n) is 6.77. The van der Waals surface area contributed by atoms with Crippen molar-refractivity contribution < 1.29 is 22.0 Å². The molecular weight excluding hydrogens is 409 g/mol. The fraction of sp³-hybridized carbons (Fsp3) is 0.333. The summed E-state index contributed by atoms with van der Waals surface area (Å²) in [4.78, 5) is 19.6. The molecule has 0 aromatic carbocycles.